The van der Waals surface area contributed by atoms with Crippen LogP contribution in [0.2, 0.25) is 0 Å². The van der Waals surface area contributed by atoms with Gasteiger partial charge >= 0.3 is 0 Å². The van der Waals surface area contributed by atoms with Crippen LogP contribution in [0.1, 0.15) is 30.1 Å². The van der Waals surface area contributed by atoms with Crippen LogP contribution in [0.3, 0.4) is 0 Å². The molecule has 5 rings (SSSR count). The first-order valence-corrected chi connectivity index (χ1v) is 10.6. The predicted octanol–water partition coefficient (Wildman–Crippen LogP) is 3.52. The molecular formula is C19H23N3O2S2. The molecule has 0 saturated carbocycles. The zero-order chi connectivity index (χ0) is 18.1. The second-order valence-electron chi connectivity index (χ2n) is 6.89. The molecule has 0 radical (unpaired) electrons. The van der Waals surface area contributed by atoms with Crippen molar-refractivity contribution in [3.8, 4) is 5.06 Å². The number of methoxy groups -OCH3 is 1. The molecule has 1 amide bonds. The van der Waals surface area contributed by atoms with Gasteiger partial charge in [0.05, 0.1) is 13.3 Å². The van der Waals surface area contributed by atoms with Crippen molar-refractivity contribution in [3.05, 3.63) is 36.0 Å². The summed E-state index contributed by atoms with van der Waals surface area (Å²) in [6, 6.07) is 8.45. The number of piperidine rings is 3. The molecule has 3 fully saturated rings. The van der Waals surface area contributed by atoms with Crippen molar-refractivity contribution in [2.45, 2.75) is 41.1 Å². The number of fused-ring (bicyclic) bond motifs is 3. The summed E-state index contributed by atoms with van der Waals surface area (Å²) in [7, 11) is 1.64. The van der Waals surface area contributed by atoms with Gasteiger partial charge in [0.2, 0.25) is 0 Å². The van der Waals surface area contributed by atoms with Crippen LogP contribution in [0.5, 0.6) is 5.06 Å². The first-order chi connectivity index (χ1) is 12.6. The highest BCUT2D eigenvalue weighted by Gasteiger charge is 2.40. The molecule has 3 saturated heterocycles. The molecule has 1 aromatic heterocycles. The standard InChI is InChI=1S/C19H23N3O2S2/c1-12-17(13-7-9-22(12)10-8-13)21-18(23)14-3-5-15(6-4-14)25-19-20-11-16(24-2)26-19/h3-6,11-13,17H,7-10H2,1-2H3,(H,21,23)/t12-,17-/m0/s1. The van der Waals surface area contributed by atoms with E-state index in [2.05, 4.69) is 22.1 Å². The monoisotopic (exact) mass is 389 g/mol. The first-order valence-electron chi connectivity index (χ1n) is 8.96. The van der Waals surface area contributed by atoms with Gasteiger partial charge in [-0.05, 0) is 63.0 Å². The van der Waals surface area contributed by atoms with Crippen LogP contribution in [0.4, 0.5) is 0 Å². The number of thiazole rings is 1. The van der Waals surface area contributed by atoms with E-state index in [1.54, 1.807) is 25.1 Å². The lowest BCUT2D eigenvalue weighted by atomic mass is 9.79. The molecule has 3 aliphatic rings. The van der Waals surface area contributed by atoms with E-state index in [1.165, 1.54) is 37.3 Å². The molecule has 138 valence electrons. The topological polar surface area (TPSA) is 54.5 Å². The smallest absolute Gasteiger partial charge is 0.251 e. The van der Waals surface area contributed by atoms with Gasteiger partial charge in [0, 0.05) is 22.5 Å². The van der Waals surface area contributed by atoms with Gasteiger partial charge < -0.3 is 10.1 Å². The van der Waals surface area contributed by atoms with Crippen molar-refractivity contribution < 1.29 is 9.53 Å². The lowest BCUT2D eigenvalue weighted by Gasteiger charge is -2.49. The summed E-state index contributed by atoms with van der Waals surface area (Å²) in [6.45, 7) is 4.58. The second kappa shape index (κ2) is 7.58. The van der Waals surface area contributed by atoms with Gasteiger partial charge in [-0.2, -0.15) is 0 Å². The van der Waals surface area contributed by atoms with Crippen molar-refractivity contribution in [2.24, 2.45) is 5.92 Å². The average Bonchev–Trinajstić information content (AvgIpc) is 3.13. The predicted molar refractivity (Wildman–Crippen MR) is 104 cm³/mol. The number of rotatable bonds is 5. The van der Waals surface area contributed by atoms with Crippen molar-refractivity contribution >= 4 is 29.0 Å². The maximum absolute atomic E-state index is 12.7. The van der Waals surface area contributed by atoms with Crippen LogP contribution in [0.25, 0.3) is 0 Å². The third-order valence-corrected chi connectivity index (χ3v) is 7.50. The molecule has 2 atom stereocenters. The van der Waals surface area contributed by atoms with Crippen molar-refractivity contribution in [1.29, 1.82) is 0 Å². The molecule has 0 spiro atoms. The molecule has 7 heteroatoms. The molecule has 2 bridgehead atoms. The first kappa shape index (κ1) is 17.8. The van der Waals surface area contributed by atoms with Crippen LogP contribution in [0.15, 0.2) is 39.7 Å². The Morgan fingerprint density at radius 2 is 2.04 bits per heavy atom. The van der Waals surface area contributed by atoms with Gasteiger partial charge in [0.15, 0.2) is 9.40 Å². The summed E-state index contributed by atoms with van der Waals surface area (Å²) in [4.78, 5) is 20.6. The SMILES string of the molecule is COc1cnc(Sc2ccc(C(=O)N[C@@H]3C4CCN(CC4)[C@H]3C)cc2)s1. The van der Waals surface area contributed by atoms with Crippen molar-refractivity contribution in [2.75, 3.05) is 20.2 Å². The molecule has 0 aliphatic carbocycles. The van der Waals surface area contributed by atoms with E-state index in [4.69, 9.17) is 4.74 Å². The summed E-state index contributed by atoms with van der Waals surface area (Å²) in [6.07, 6.45) is 4.12. The molecule has 26 heavy (non-hydrogen) atoms. The van der Waals surface area contributed by atoms with Gasteiger partial charge in [-0.15, -0.1) is 0 Å². The minimum Gasteiger partial charge on any atom is -0.486 e. The van der Waals surface area contributed by atoms with E-state index >= 15 is 0 Å². The Morgan fingerprint density at radius 1 is 1.31 bits per heavy atom. The number of benzene rings is 1. The highest BCUT2D eigenvalue weighted by Crippen LogP contribution is 2.35. The summed E-state index contributed by atoms with van der Waals surface area (Å²) in [5, 5.41) is 4.08. The molecular weight excluding hydrogens is 366 g/mol. The second-order valence-corrected chi connectivity index (χ2v) is 9.20. The number of aromatic nitrogens is 1. The number of ether oxygens (including phenoxy) is 1. The number of nitrogens with zero attached hydrogens (tertiary/aromatic N) is 2. The number of hydrogen-bond donors (Lipinski definition) is 1. The Labute approximate surface area is 162 Å². The Bertz CT molecular complexity index is 767. The number of carbonyl (C=O) groups is 1. The van der Waals surface area contributed by atoms with E-state index in [1.807, 2.05) is 24.3 Å². The average molecular weight is 390 g/mol. The lowest BCUT2D eigenvalue weighted by molar-refractivity contribution is 0.0217. The molecule has 0 unspecified atom stereocenters. The normalized spacial score (nSPS) is 27.3. The Kier molecular flexibility index (Phi) is 5.20. The van der Waals surface area contributed by atoms with E-state index in [0.717, 1.165) is 19.9 Å². The summed E-state index contributed by atoms with van der Waals surface area (Å²) >= 11 is 3.09. The number of nitrogens with one attached hydrogen (secondary N) is 1. The van der Waals surface area contributed by atoms with Crippen molar-refractivity contribution in [3.63, 3.8) is 0 Å². The Hall–Kier alpha value is -1.57. The molecule has 3 aliphatic heterocycles. The quantitative estimate of drug-likeness (QED) is 0.848. The van der Waals surface area contributed by atoms with Gasteiger partial charge in [0.1, 0.15) is 0 Å². The van der Waals surface area contributed by atoms with Crippen molar-refractivity contribution in [1.82, 2.24) is 15.2 Å². The zero-order valence-corrected chi connectivity index (χ0v) is 16.6. The van der Waals surface area contributed by atoms with E-state index in [9.17, 15) is 4.79 Å². The van der Waals surface area contributed by atoms with E-state index in [0.29, 0.717) is 12.0 Å². The van der Waals surface area contributed by atoms with Gasteiger partial charge in [-0.25, -0.2) is 4.98 Å². The molecule has 1 N–H and O–H groups in total. The van der Waals surface area contributed by atoms with Crippen LogP contribution < -0.4 is 10.1 Å². The Balaban J connectivity index is 1.39. The molecule has 4 heterocycles. The van der Waals surface area contributed by atoms with Crippen LogP contribution in [-0.2, 0) is 0 Å². The summed E-state index contributed by atoms with van der Waals surface area (Å²) in [5.74, 6) is 0.650. The van der Waals surface area contributed by atoms with Gasteiger partial charge in [-0.1, -0.05) is 23.1 Å². The fourth-order valence-corrected chi connectivity index (χ4v) is 5.69. The number of carbonyl (C=O) groups excluding carboxylic acids is 1. The highest BCUT2D eigenvalue weighted by molar-refractivity contribution is 8.01. The van der Waals surface area contributed by atoms with E-state index < -0.39 is 0 Å². The largest absolute Gasteiger partial charge is 0.486 e. The lowest BCUT2D eigenvalue weighted by Crippen LogP contribution is -2.62. The Morgan fingerprint density at radius 3 is 2.65 bits per heavy atom. The molecule has 2 aromatic rings. The van der Waals surface area contributed by atoms with Crippen LogP contribution >= 0.6 is 23.1 Å². The van der Waals surface area contributed by atoms with Gasteiger partial charge in [0.25, 0.3) is 5.91 Å². The molecule has 5 nitrogen and oxygen atoms in total. The maximum Gasteiger partial charge on any atom is 0.251 e. The minimum atomic E-state index is 0.0306. The fraction of sp³-hybridized carbons (Fsp3) is 0.474. The van der Waals surface area contributed by atoms with Gasteiger partial charge in [-0.3, -0.25) is 9.69 Å². The number of amides is 1. The van der Waals surface area contributed by atoms with Crippen LogP contribution in [-0.4, -0.2) is 48.1 Å². The highest BCUT2D eigenvalue weighted by atomic mass is 32.2. The molecule has 1 aromatic carbocycles. The minimum absolute atomic E-state index is 0.0306. The summed E-state index contributed by atoms with van der Waals surface area (Å²) < 4.78 is 6.10. The third kappa shape index (κ3) is 3.61. The van der Waals surface area contributed by atoms with Crippen LogP contribution in [0, 0.1) is 5.92 Å². The number of hydrogen-bond acceptors (Lipinski definition) is 6. The fourth-order valence-electron chi connectivity index (χ4n) is 3.94. The zero-order valence-electron chi connectivity index (χ0n) is 15.0. The van der Waals surface area contributed by atoms with E-state index in [-0.39, 0.29) is 11.9 Å². The maximum atomic E-state index is 12.7. The third-order valence-electron chi connectivity index (χ3n) is 5.46. The summed E-state index contributed by atoms with van der Waals surface area (Å²) in [5.41, 5.74) is 0.717.